The van der Waals surface area contributed by atoms with Crippen molar-refractivity contribution in [3.05, 3.63) is 65.2 Å². The summed E-state index contributed by atoms with van der Waals surface area (Å²) in [6.45, 7) is 2.22. The Bertz CT molecular complexity index is 901. The number of ether oxygens (including phenoxy) is 1. The zero-order valence-electron chi connectivity index (χ0n) is 16.5. The maximum Gasteiger partial charge on any atom is 0.222 e. The molecule has 1 aliphatic heterocycles. The highest BCUT2D eigenvalue weighted by Crippen LogP contribution is 2.25. The minimum absolute atomic E-state index is 0.0504. The van der Waals surface area contributed by atoms with Gasteiger partial charge in [0.25, 0.3) is 0 Å². The zero-order valence-corrected chi connectivity index (χ0v) is 16.5. The quantitative estimate of drug-likeness (QED) is 0.662. The van der Waals surface area contributed by atoms with Gasteiger partial charge in [0.2, 0.25) is 5.91 Å². The van der Waals surface area contributed by atoms with E-state index in [1.807, 2.05) is 31.2 Å². The van der Waals surface area contributed by atoms with Gasteiger partial charge in [0.15, 0.2) is 6.10 Å². The Balaban J connectivity index is 1.71. The van der Waals surface area contributed by atoms with E-state index in [0.29, 0.717) is 25.0 Å². The van der Waals surface area contributed by atoms with E-state index in [0.717, 1.165) is 17.3 Å². The number of oxime groups is 1. The number of hydrogen-bond acceptors (Lipinski definition) is 4. The Morgan fingerprint density at radius 3 is 2.79 bits per heavy atom. The number of amides is 1. The average molecular weight is 402 g/mol. The third kappa shape index (κ3) is 5.10. The molecule has 0 radical (unpaired) electrons. The van der Waals surface area contributed by atoms with Gasteiger partial charge in [-0.25, -0.2) is 8.78 Å². The van der Waals surface area contributed by atoms with Gasteiger partial charge >= 0.3 is 0 Å². The van der Waals surface area contributed by atoms with E-state index in [9.17, 15) is 13.6 Å². The summed E-state index contributed by atoms with van der Waals surface area (Å²) in [7, 11) is 1.59. The molecule has 1 unspecified atom stereocenters. The number of methoxy groups -OCH3 is 1. The summed E-state index contributed by atoms with van der Waals surface area (Å²) in [5.41, 5.74) is 1.84. The molecule has 0 aromatic heterocycles. The Morgan fingerprint density at radius 1 is 1.28 bits per heavy atom. The summed E-state index contributed by atoms with van der Waals surface area (Å²) in [5, 5.41) is 4.17. The van der Waals surface area contributed by atoms with Crippen LogP contribution in [0.5, 0.6) is 5.75 Å². The number of halogens is 2. The molecule has 1 aliphatic rings. The molecule has 2 aromatic rings. The number of hydrogen-bond donors (Lipinski definition) is 0. The van der Waals surface area contributed by atoms with Crippen LogP contribution >= 0.6 is 0 Å². The normalized spacial score (nSPS) is 15.6. The van der Waals surface area contributed by atoms with E-state index in [2.05, 4.69) is 5.16 Å². The molecule has 0 saturated heterocycles. The van der Waals surface area contributed by atoms with Crippen molar-refractivity contribution in [1.29, 1.82) is 0 Å². The van der Waals surface area contributed by atoms with Gasteiger partial charge in [-0.05, 0) is 24.6 Å². The number of para-hydroxylation sites is 1. The van der Waals surface area contributed by atoms with Crippen LogP contribution in [0.2, 0.25) is 0 Å². The standard InChI is InChI=1S/C22H24F2N2O3/c1-3-6-22(27)26(13-15-9-10-16(23)11-19(15)24)14-17-12-20(25-29-17)18-7-4-5-8-21(18)28-2/h4-5,7-11,17H,3,6,12-14H2,1-2H3. The van der Waals surface area contributed by atoms with E-state index in [4.69, 9.17) is 9.57 Å². The minimum Gasteiger partial charge on any atom is -0.496 e. The molecular formula is C22H24F2N2O3. The number of nitrogens with zero attached hydrogens (tertiary/aromatic N) is 2. The van der Waals surface area contributed by atoms with Crippen molar-refractivity contribution in [1.82, 2.24) is 4.90 Å². The number of benzene rings is 2. The first-order valence-corrected chi connectivity index (χ1v) is 9.59. The van der Waals surface area contributed by atoms with Gasteiger partial charge in [-0.15, -0.1) is 0 Å². The summed E-state index contributed by atoms with van der Waals surface area (Å²) in [5.74, 6) is -0.724. The van der Waals surface area contributed by atoms with Crippen LogP contribution in [0.1, 0.15) is 37.3 Å². The Hall–Kier alpha value is -2.96. The lowest BCUT2D eigenvalue weighted by molar-refractivity contribution is -0.133. The molecule has 1 amide bonds. The molecule has 5 nitrogen and oxygen atoms in total. The van der Waals surface area contributed by atoms with E-state index in [1.54, 1.807) is 12.0 Å². The van der Waals surface area contributed by atoms with Crippen LogP contribution in [-0.4, -0.2) is 36.3 Å². The summed E-state index contributed by atoms with van der Waals surface area (Å²) in [6, 6.07) is 10.9. The van der Waals surface area contributed by atoms with Crippen LogP contribution in [0.4, 0.5) is 8.78 Å². The monoisotopic (exact) mass is 402 g/mol. The van der Waals surface area contributed by atoms with Gasteiger partial charge in [-0.1, -0.05) is 30.3 Å². The lowest BCUT2D eigenvalue weighted by atomic mass is 10.0. The molecule has 0 spiro atoms. The SMILES string of the molecule is CCCC(=O)N(Cc1ccc(F)cc1F)CC1CC(c2ccccc2OC)=NO1. The smallest absolute Gasteiger partial charge is 0.222 e. The second-order valence-electron chi connectivity index (χ2n) is 6.93. The summed E-state index contributed by atoms with van der Waals surface area (Å²) >= 11 is 0. The first kappa shape index (κ1) is 20.8. The van der Waals surface area contributed by atoms with Crippen LogP contribution in [0.3, 0.4) is 0 Å². The Labute approximate surface area is 168 Å². The molecule has 0 N–H and O–H groups in total. The molecule has 1 heterocycles. The largest absolute Gasteiger partial charge is 0.496 e. The highest BCUT2D eigenvalue weighted by Gasteiger charge is 2.28. The lowest BCUT2D eigenvalue weighted by Crippen LogP contribution is -2.37. The molecule has 0 fully saturated rings. The highest BCUT2D eigenvalue weighted by molar-refractivity contribution is 6.03. The molecule has 1 atom stereocenters. The van der Waals surface area contributed by atoms with Crippen molar-refractivity contribution in [3.8, 4) is 5.75 Å². The molecule has 29 heavy (non-hydrogen) atoms. The first-order valence-electron chi connectivity index (χ1n) is 9.59. The van der Waals surface area contributed by atoms with Gasteiger partial charge < -0.3 is 14.5 Å². The fourth-order valence-corrected chi connectivity index (χ4v) is 3.30. The summed E-state index contributed by atoms with van der Waals surface area (Å²) in [4.78, 5) is 19.7. The van der Waals surface area contributed by atoms with Gasteiger partial charge in [-0.3, -0.25) is 4.79 Å². The van der Waals surface area contributed by atoms with Crippen LogP contribution < -0.4 is 4.74 Å². The predicted octanol–water partition coefficient (Wildman–Crippen LogP) is 4.30. The topological polar surface area (TPSA) is 51.1 Å². The average Bonchev–Trinajstić information content (AvgIpc) is 3.18. The van der Waals surface area contributed by atoms with Crippen LogP contribution in [0.15, 0.2) is 47.6 Å². The number of carbonyl (C=O) groups excluding carboxylic acids is 1. The minimum atomic E-state index is -0.669. The Kier molecular flexibility index (Phi) is 6.80. The predicted molar refractivity (Wildman–Crippen MR) is 106 cm³/mol. The van der Waals surface area contributed by atoms with Gasteiger partial charge in [0, 0.05) is 36.6 Å². The van der Waals surface area contributed by atoms with Crippen LogP contribution in [0, 0.1) is 11.6 Å². The molecule has 2 aromatic carbocycles. The molecule has 0 saturated carbocycles. The van der Waals surface area contributed by atoms with Crippen molar-refractivity contribution in [2.45, 2.75) is 38.8 Å². The first-order chi connectivity index (χ1) is 14.0. The molecule has 0 aliphatic carbocycles. The number of rotatable bonds is 8. The second-order valence-corrected chi connectivity index (χ2v) is 6.93. The van der Waals surface area contributed by atoms with Gasteiger partial charge in [-0.2, -0.15) is 0 Å². The summed E-state index contributed by atoms with van der Waals surface area (Å²) in [6.07, 6.45) is 1.17. The van der Waals surface area contributed by atoms with Crippen LogP contribution in [-0.2, 0) is 16.2 Å². The maximum atomic E-state index is 14.1. The Morgan fingerprint density at radius 2 is 2.07 bits per heavy atom. The molecule has 0 bridgehead atoms. The van der Waals surface area contributed by atoms with Crippen molar-refractivity contribution in [3.63, 3.8) is 0 Å². The third-order valence-corrected chi connectivity index (χ3v) is 4.77. The molecule has 154 valence electrons. The van der Waals surface area contributed by atoms with E-state index < -0.39 is 11.6 Å². The van der Waals surface area contributed by atoms with Crippen molar-refractivity contribution >= 4 is 11.6 Å². The molecule has 3 rings (SSSR count). The summed E-state index contributed by atoms with van der Waals surface area (Å²) < 4.78 is 32.7. The van der Waals surface area contributed by atoms with E-state index >= 15 is 0 Å². The molecular weight excluding hydrogens is 378 g/mol. The van der Waals surface area contributed by atoms with Gasteiger partial charge in [0.1, 0.15) is 17.4 Å². The van der Waals surface area contributed by atoms with Crippen molar-refractivity contribution in [2.75, 3.05) is 13.7 Å². The lowest BCUT2D eigenvalue weighted by Gasteiger charge is -2.25. The fourth-order valence-electron chi connectivity index (χ4n) is 3.30. The number of carbonyl (C=O) groups is 1. The van der Waals surface area contributed by atoms with E-state index in [-0.39, 0.29) is 30.7 Å². The highest BCUT2D eigenvalue weighted by atomic mass is 19.1. The maximum absolute atomic E-state index is 14.1. The molecule has 7 heteroatoms. The fraction of sp³-hybridized carbons (Fsp3) is 0.364. The van der Waals surface area contributed by atoms with Gasteiger partial charge in [0.05, 0.1) is 19.4 Å². The third-order valence-electron chi connectivity index (χ3n) is 4.77. The van der Waals surface area contributed by atoms with Crippen molar-refractivity contribution < 1.29 is 23.1 Å². The van der Waals surface area contributed by atoms with Crippen LogP contribution in [0.25, 0.3) is 0 Å². The second kappa shape index (κ2) is 9.49. The zero-order chi connectivity index (χ0) is 20.8. The van der Waals surface area contributed by atoms with Crippen molar-refractivity contribution in [2.24, 2.45) is 5.16 Å². The van der Waals surface area contributed by atoms with E-state index in [1.165, 1.54) is 12.1 Å².